The van der Waals surface area contributed by atoms with Crippen molar-refractivity contribution in [1.29, 1.82) is 0 Å². The van der Waals surface area contributed by atoms with Crippen molar-refractivity contribution in [2.75, 3.05) is 24.6 Å². The first kappa shape index (κ1) is 8.75. The Balaban J connectivity index is 1.67. The van der Waals surface area contributed by atoms with E-state index in [2.05, 4.69) is 0 Å². The maximum Gasteiger partial charge on any atom is 0.281 e. The molecule has 4 heteroatoms. The first-order valence-corrected chi connectivity index (χ1v) is 6.43. The van der Waals surface area contributed by atoms with Gasteiger partial charge < -0.3 is 4.90 Å². The van der Waals surface area contributed by atoms with Gasteiger partial charge in [-0.3, -0.25) is 4.79 Å². The molecule has 0 aromatic carbocycles. The summed E-state index contributed by atoms with van der Waals surface area (Å²) < 4.78 is 0. The summed E-state index contributed by atoms with van der Waals surface area (Å²) in [5.41, 5.74) is 0. The Morgan fingerprint density at radius 3 is 2.75 bits per heavy atom. The SMILES string of the molecule is O=C(SCC1CS1)N1CCCC1. The van der Waals surface area contributed by atoms with Crippen molar-refractivity contribution < 1.29 is 4.79 Å². The molecule has 2 nitrogen and oxygen atoms in total. The van der Waals surface area contributed by atoms with Gasteiger partial charge in [-0.05, 0) is 12.8 Å². The fourth-order valence-corrected chi connectivity index (χ4v) is 3.12. The average Bonchev–Trinajstić information content (AvgIpc) is 2.74. The van der Waals surface area contributed by atoms with E-state index in [0.29, 0.717) is 5.24 Å². The smallest absolute Gasteiger partial charge is 0.281 e. The van der Waals surface area contributed by atoms with Gasteiger partial charge in [0.15, 0.2) is 0 Å². The van der Waals surface area contributed by atoms with Crippen molar-refractivity contribution in [3.63, 3.8) is 0 Å². The summed E-state index contributed by atoms with van der Waals surface area (Å²) in [6, 6.07) is 0. The molecule has 0 radical (unpaired) electrons. The van der Waals surface area contributed by atoms with Crippen LogP contribution in [0.2, 0.25) is 0 Å². The van der Waals surface area contributed by atoms with E-state index in [0.717, 1.165) is 24.1 Å². The molecular formula is C8H13NOS2. The second kappa shape index (κ2) is 3.92. The van der Waals surface area contributed by atoms with Crippen molar-refractivity contribution in [1.82, 2.24) is 4.90 Å². The van der Waals surface area contributed by atoms with Crippen LogP contribution in [0.4, 0.5) is 4.79 Å². The second-order valence-electron chi connectivity index (χ2n) is 3.23. The molecule has 0 saturated carbocycles. The van der Waals surface area contributed by atoms with Crippen molar-refractivity contribution >= 4 is 28.8 Å². The third kappa shape index (κ3) is 2.33. The lowest BCUT2D eigenvalue weighted by Crippen LogP contribution is -2.24. The van der Waals surface area contributed by atoms with Crippen molar-refractivity contribution in [2.45, 2.75) is 18.1 Å². The van der Waals surface area contributed by atoms with E-state index >= 15 is 0 Å². The molecule has 1 amide bonds. The summed E-state index contributed by atoms with van der Waals surface area (Å²) in [6.45, 7) is 1.98. The molecule has 0 spiro atoms. The summed E-state index contributed by atoms with van der Waals surface area (Å²) in [7, 11) is 0. The molecule has 2 rings (SSSR count). The summed E-state index contributed by atoms with van der Waals surface area (Å²) in [6.07, 6.45) is 2.40. The Kier molecular flexibility index (Phi) is 2.86. The molecule has 2 saturated heterocycles. The van der Waals surface area contributed by atoms with Gasteiger partial charge in [0.2, 0.25) is 0 Å². The molecule has 68 valence electrons. The number of hydrogen-bond donors (Lipinski definition) is 0. The Morgan fingerprint density at radius 1 is 1.50 bits per heavy atom. The lowest BCUT2D eigenvalue weighted by molar-refractivity contribution is 0.233. The zero-order valence-electron chi connectivity index (χ0n) is 6.99. The zero-order chi connectivity index (χ0) is 8.39. The van der Waals surface area contributed by atoms with Gasteiger partial charge in [0.1, 0.15) is 0 Å². The fraction of sp³-hybridized carbons (Fsp3) is 0.875. The summed E-state index contributed by atoms with van der Waals surface area (Å²) >= 11 is 3.47. The number of carbonyl (C=O) groups is 1. The lowest BCUT2D eigenvalue weighted by atomic mass is 10.4. The predicted molar refractivity (Wildman–Crippen MR) is 54.9 cm³/mol. The van der Waals surface area contributed by atoms with Gasteiger partial charge in [-0.2, -0.15) is 11.8 Å². The minimum absolute atomic E-state index is 0.306. The number of amides is 1. The van der Waals surface area contributed by atoms with Gasteiger partial charge in [0.05, 0.1) is 0 Å². The molecule has 0 aromatic rings. The first-order chi connectivity index (χ1) is 5.86. The van der Waals surface area contributed by atoms with Crippen LogP contribution >= 0.6 is 23.5 Å². The Hall–Kier alpha value is 0.170. The van der Waals surface area contributed by atoms with Crippen LogP contribution in [-0.2, 0) is 0 Å². The maximum atomic E-state index is 11.5. The van der Waals surface area contributed by atoms with E-state index in [1.54, 1.807) is 0 Å². The number of carbonyl (C=O) groups excluding carboxylic acids is 1. The minimum Gasteiger partial charge on any atom is -0.334 e. The topological polar surface area (TPSA) is 20.3 Å². The molecule has 2 heterocycles. The van der Waals surface area contributed by atoms with Crippen molar-refractivity contribution in [3.8, 4) is 0 Å². The quantitative estimate of drug-likeness (QED) is 0.641. The highest BCUT2D eigenvalue weighted by atomic mass is 32.2. The van der Waals surface area contributed by atoms with Crippen LogP contribution in [0.5, 0.6) is 0 Å². The zero-order valence-corrected chi connectivity index (χ0v) is 8.62. The third-order valence-electron chi connectivity index (χ3n) is 2.16. The van der Waals surface area contributed by atoms with Crippen LogP contribution in [0.1, 0.15) is 12.8 Å². The summed E-state index contributed by atoms with van der Waals surface area (Å²) in [5.74, 6) is 2.29. The molecular weight excluding hydrogens is 190 g/mol. The molecule has 0 bridgehead atoms. The lowest BCUT2D eigenvalue weighted by Gasteiger charge is -2.13. The molecule has 2 aliphatic rings. The fourth-order valence-electron chi connectivity index (χ4n) is 1.32. The van der Waals surface area contributed by atoms with E-state index in [1.165, 1.54) is 30.4 Å². The molecule has 0 N–H and O–H groups in total. The van der Waals surface area contributed by atoms with Crippen molar-refractivity contribution in [2.24, 2.45) is 0 Å². The van der Waals surface area contributed by atoms with Gasteiger partial charge in [-0.1, -0.05) is 11.8 Å². The van der Waals surface area contributed by atoms with Gasteiger partial charge in [-0.15, -0.1) is 0 Å². The molecule has 0 aliphatic carbocycles. The standard InChI is InChI=1S/C8H13NOS2/c10-8(9-3-1-2-4-9)12-6-7-5-11-7/h7H,1-6H2. The number of nitrogens with zero attached hydrogens (tertiary/aromatic N) is 1. The van der Waals surface area contributed by atoms with Crippen LogP contribution in [0.3, 0.4) is 0 Å². The van der Waals surface area contributed by atoms with Gasteiger partial charge in [-0.25, -0.2) is 0 Å². The Labute approximate surface area is 81.4 Å². The summed E-state index contributed by atoms with van der Waals surface area (Å²) in [5, 5.41) is 1.08. The molecule has 0 aromatic heterocycles. The number of hydrogen-bond acceptors (Lipinski definition) is 3. The monoisotopic (exact) mass is 203 g/mol. The molecule has 2 fully saturated rings. The predicted octanol–water partition coefficient (Wildman–Crippen LogP) is 2.05. The van der Waals surface area contributed by atoms with Crippen LogP contribution in [0.25, 0.3) is 0 Å². The van der Waals surface area contributed by atoms with Crippen LogP contribution < -0.4 is 0 Å². The number of likely N-dealkylation sites (tertiary alicyclic amines) is 1. The van der Waals surface area contributed by atoms with E-state index in [9.17, 15) is 4.79 Å². The molecule has 1 unspecified atom stereocenters. The van der Waals surface area contributed by atoms with E-state index in [-0.39, 0.29) is 0 Å². The van der Waals surface area contributed by atoms with E-state index in [1.807, 2.05) is 16.7 Å². The first-order valence-electron chi connectivity index (χ1n) is 4.39. The third-order valence-corrected chi connectivity index (χ3v) is 4.42. The average molecular weight is 203 g/mol. The molecule has 2 aliphatic heterocycles. The minimum atomic E-state index is 0.306. The normalized spacial score (nSPS) is 27.7. The highest BCUT2D eigenvalue weighted by Gasteiger charge is 2.25. The van der Waals surface area contributed by atoms with E-state index < -0.39 is 0 Å². The summed E-state index contributed by atoms with van der Waals surface area (Å²) in [4.78, 5) is 13.4. The molecule has 1 atom stereocenters. The highest BCUT2D eigenvalue weighted by molar-refractivity contribution is 8.15. The van der Waals surface area contributed by atoms with Crippen LogP contribution in [0, 0.1) is 0 Å². The van der Waals surface area contributed by atoms with Crippen molar-refractivity contribution in [3.05, 3.63) is 0 Å². The number of thioether (sulfide) groups is 2. The van der Waals surface area contributed by atoms with Gasteiger partial charge in [0, 0.05) is 29.8 Å². The van der Waals surface area contributed by atoms with Crippen LogP contribution in [-0.4, -0.2) is 40.0 Å². The van der Waals surface area contributed by atoms with Gasteiger partial charge in [0.25, 0.3) is 5.24 Å². The van der Waals surface area contributed by atoms with E-state index in [4.69, 9.17) is 0 Å². The largest absolute Gasteiger partial charge is 0.334 e. The Bertz CT molecular complexity index is 176. The highest BCUT2D eigenvalue weighted by Crippen LogP contribution is 2.33. The van der Waals surface area contributed by atoms with Gasteiger partial charge >= 0.3 is 0 Å². The second-order valence-corrected chi connectivity index (χ2v) is 5.53. The Morgan fingerprint density at radius 2 is 2.17 bits per heavy atom. The maximum absolute atomic E-state index is 11.5. The number of rotatable bonds is 2. The van der Waals surface area contributed by atoms with Crippen LogP contribution in [0.15, 0.2) is 0 Å². The molecule has 12 heavy (non-hydrogen) atoms.